The summed E-state index contributed by atoms with van der Waals surface area (Å²) in [6.45, 7) is 1.50. The summed E-state index contributed by atoms with van der Waals surface area (Å²) in [5, 5.41) is 16.7. The van der Waals surface area contributed by atoms with Gasteiger partial charge in [-0.1, -0.05) is 23.7 Å². The summed E-state index contributed by atoms with van der Waals surface area (Å²) >= 11 is 5.94. The Morgan fingerprint density at radius 1 is 1.42 bits per heavy atom. The molecule has 26 heavy (non-hydrogen) atoms. The lowest BCUT2D eigenvalue weighted by Crippen LogP contribution is -2.35. The van der Waals surface area contributed by atoms with E-state index in [0.29, 0.717) is 17.1 Å². The minimum Gasteiger partial charge on any atom is -0.394 e. The van der Waals surface area contributed by atoms with Crippen LogP contribution in [0.1, 0.15) is 29.9 Å². The van der Waals surface area contributed by atoms with Gasteiger partial charge in [0.2, 0.25) is 0 Å². The molecule has 7 nitrogen and oxygen atoms in total. The molecule has 1 amide bonds. The molecule has 1 saturated heterocycles. The van der Waals surface area contributed by atoms with Gasteiger partial charge in [-0.3, -0.25) is 9.48 Å². The maximum Gasteiger partial charge on any atom is 0.272 e. The number of amides is 1. The molecule has 0 bridgehead atoms. The summed E-state index contributed by atoms with van der Waals surface area (Å²) in [5.41, 5.74) is 1.63. The summed E-state index contributed by atoms with van der Waals surface area (Å²) in [7, 11) is -3.10. The monoisotopic (exact) mass is 397 g/mol. The second-order valence-electron chi connectivity index (χ2n) is 6.48. The Morgan fingerprint density at radius 2 is 2.12 bits per heavy atom. The Labute approximate surface area is 156 Å². The molecule has 2 atom stereocenters. The van der Waals surface area contributed by atoms with Gasteiger partial charge < -0.3 is 10.4 Å². The third-order valence-electron chi connectivity index (χ3n) is 4.31. The SMILES string of the molecule is C[C@@H](CO)NC(=O)c1cc(-c2ccc(Cl)cc2)n([C@@H]2CCS(=O)(=O)C2)n1. The van der Waals surface area contributed by atoms with E-state index in [-0.39, 0.29) is 29.8 Å². The molecule has 3 rings (SSSR count). The maximum absolute atomic E-state index is 12.4. The minimum atomic E-state index is -3.10. The van der Waals surface area contributed by atoms with E-state index in [4.69, 9.17) is 16.7 Å². The van der Waals surface area contributed by atoms with E-state index in [0.717, 1.165) is 5.56 Å². The first-order valence-corrected chi connectivity index (χ1v) is 10.5. The van der Waals surface area contributed by atoms with Gasteiger partial charge in [-0.05, 0) is 37.1 Å². The highest BCUT2D eigenvalue weighted by Crippen LogP contribution is 2.30. The van der Waals surface area contributed by atoms with E-state index in [9.17, 15) is 13.2 Å². The number of aromatic nitrogens is 2. The smallest absolute Gasteiger partial charge is 0.272 e. The zero-order valence-corrected chi connectivity index (χ0v) is 15.8. The van der Waals surface area contributed by atoms with Gasteiger partial charge in [0.05, 0.1) is 29.8 Å². The van der Waals surface area contributed by atoms with Crippen LogP contribution in [0.4, 0.5) is 0 Å². The van der Waals surface area contributed by atoms with E-state index >= 15 is 0 Å². The summed E-state index contributed by atoms with van der Waals surface area (Å²) < 4.78 is 25.3. The van der Waals surface area contributed by atoms with Crippen LogP contribution in [0.2, 0.25) is 5.02 Å². The molecule has 0 aliphatic carbocycles. The standard InChI is InChI=1S/C17H20ClN3O4S/c1-11(9-22)19-17(23)15-8-16(12-2-4-13(18)5-3-12)21(20-15)14-6-7-26(24,25)10-14/h2-5,8,11,14,22H,6-7,9-10H2,1H3,(H,19,23)/t11-,14+/m0/s1. The van der Waals surface area contributed by atoms with E-state index < -0.39 is 21.8 Å². The van der Waals surface area contributed by atoms with Crippen molar-refractivity contribution < 1.29 is 18.3 Å². The molecule has 1 aromatic carbocycles. The molecule has 2 N–H and O–H groups in total. The minimum absolute atomic E-state index is 0.00334. The van der Waals surface area contributed by atoms with Gasteiger partial charge >= 0.3 is 0 Å². The molecular weight excluding hydrogens is 378 g/mol. The number of nitrogens with zero attached hydrogens (tertiary/aromatic N) is 2. The summed E-state index contributed by atoms with van der Waals surface area (Å²) in [6.07, 6.45) is 0.457. The number of halogens is 1. The van der Waals surface area contributed by atoms with Gasteiger partial charge in [0.25, 0.3) is 5.91 Å². The zero-order valence-electron chi connectivity index (χ0n) is 14.2. The van der Waals surface area contributed by atoms with Crippen molar-refractivity contribution in [3.63, 3.8) is 0 Å². The third-order valence-corrected chi connectivity index (χ3v) is 6.32. The molecular formula is C17H20ClN3O4S. The van der Waals surface area contributed by atoms with Crippen molar-refractivity contribution in [2.75, 3.05) is 18.1 Å². The van der Waals surface area contributed by atoms with Crippen molar-refractivity contribution in [3.8, 4) is 11.3 Å². The lowest BCUT2D eigenvalue weighted by molar-refractivity contribution is 0.0916. The Hall–Kier alpha value is -1.90. The molecule has 140 valence electrons. The molecule has 1 aliphatic rings. The average molecular weight is 398 g/mol. The van der Waals surface area contributed by atoms with Gasteiger partial charge in [0.15, 0.2) is 15.5 Å². The van der Waals surface area contributed by atoms with Crippen LogP contribution in [0.5, 0.6) is 0 Å². The first kappa shape index (κ1) is 18.9. The first-order chi connectivity index (χ1) is 12.3. The summed E-state index contributed by atoms with van der Waals surface area (Å²) in [5.74, 6) is -0.300. The van der Waals surface area contributed by atoms with Crippen LogP contribution in [-0.2, 0) is 9.84 Å². The van der Waals surface area contributed by atoms with Crippen molar-refractivity contribution in [3.05, 3.63) is 41.0 Å². The number of benzene rings is 1. The molecule has 0 radical (unpaired) electrons. The molecule has 0 spiro atoms. The molecule has 0 unspecified atom stereocenters. The fraction of sp³-hybridized carbons (Fsp3) is 0.412. The normalized spacial score (nSPS) is 20.0. The van der Waals surface area contributed by atoms with Crippen LogP contribution in [0, 0.1) is 0 Å². The van der Waals surface area contributed by atoms with Crippen molar-refractivity contribution in [1.82, 2.24) is 15.1 Å². The molecule has 2 heterocycles. The van der Waals surface area contributed by atoms with E-state index in [1.54, 1.807) is 41.9 Å². The Balaban J connectivity index is 2.00. The van der Waals surface area contributed by atoms with Gasteiger partial charge in [0.1, 0.15) is 0 Å². The van der Waals surface area contributed by atoms with Gasteiger partial charge in [-0.15, -0.1) is 0 Å². The van der Waals surface area contributed by atoms with Crippen LogP contribution >= 0.6 is 11.6 Å². The number of rotatable bonds is 5. The molecule has 0 saturated carbocycles. The molecule has 1 fully saturated rings. The topological polar surface area (TPSA) is 101 Å². The Morgan fingerprint density at radius 3 is 2.69 bits per heavy atom. The van der Waals surface area contributed by atoms with Crippen molar-refractivity contribution in [2.45, 2.75) is 25.4 Å². The average Bonchev–Trinajstić information content (AvgIpc) is 3.18. The lowest BCUT2D eigenvalue weighted by Gasteiger charge is -2.13. The largest absolute Gasteiger partial charge is 0.394 e. The van der Waals surface area contributed by atoms with E-state index in [1.165, 1.54) is 0 Å². The fourth-order valence-corrected chi connectivity index (χ4v) is 4.75. The van der Waals surface area contributed by atoms with Crippen LogP contribution in [0.25, 0.3) is 11.3 Å². The van der Waals surface area contributed by atoms with Crippen molar-refractivity contribution in [1.29, 1.82) is 0 Å². The first-order valence-electron chi connectivity index (χ1n) is 8.26. The second-order valence-corrected chi connectivity index (χ2v) is 9.15. The maximum atomic E-state index is 12.4. The van der Waals surface area contributed by atoms with Crippen LogP contribution in [0.15, 0.2) is 30.3 Å². The number of aliphatic hydroxyl groups excluding tert-OH is 1. The number of nitrogens with one attached hydrogen (secondary N) is 1. The fourth-order valence-electron chi connectivity index (χ4n) is 2.93. The number of sulfone groups is 1. The number of hydrogen-bond acceptors (Lipinski definition) is 5. The second kappa shape index (κ2) is 7.38. The summed E-state index contributed by atoms with van der Waals surface area (Å²) in [4.78, 5) is 12.4. The van der Waals surface area contributed by atoms with Crippen LogP contribution in [-0.4, -0.2) is 53.4 Å². The zero-order chi connectivity index (χ0) is 18.9. The number of carbonyl (C=O) groups is 1. The molecule has 1 aliphatic heterocycles. The van der Waals surface area contributed by atoms with Crippen LogP contribution in [0.3, 0.4) is 0 Å². The van der Waals surface area contributed by atoms with E-state index in [1.807, 2.05) is 0 Å². The molecule has 1 aromatic heterocycles. The lowest BCUT2D eigenvalue weighted by atomic mass is 10.1. The highest BCUT2D eigenvalue weighted by atomic mass is 35.5. The predicted octanol–water partition coefficient (Wildman–Crippen LogP) is 1.67. The Kier molecular flexibility index (Phi) is 5.36. The van der Waals surface area contributed by atoms with Crippen molar-refractivity contribution in [2.24, 2.45) is 0 Å². The number of carbonyl (C=O) groups excluding carboxylic acids is 1. The van der Waals surface area contributed by atoms with E-state index in [2.05, 4.69) is 10.4 Å². The summed E-state index contributed by atoms with van der Waals surface area (Å²) in [6, 6.07) is 7.98. The molecule has 2 aromatic rings. The van der Waals surface area contributed by atoms with Gasteiger partial charge in [0, 0.05) is 11.1 Å². The molecule has 9 heteroatoms. The van der Waals surface area contributed by atoms with Crippen molar-refractivity contribution >= 4 is 27.3 Å². The highest BCUT2D eigenvalue weighted by Gasteiger charge is 2.32. The number of hydrogen-bond donors (Lipinski definition) is 2. The Bertz CT molecular complexity index is 909. The quantitative estimate of drug-likeness (QED) is 0.799. The third kappa shape index (κ3) is 4.08. The predicted molar refractivity (Wildman–Crippen MR) is 99.0 cm³/mol. The van der Waals surface area contributed by atoms with Gasteiger partial charge in [-0.2, -0.15) is 5.10 Å². The highest BCUT2D eigenvalue weighted by molar-refractivity contribution is 7.91. The van der Waals surface area contributed by atoms with Crippen LogP contribution < -0.4 is 5.32 Å². The number of aliphatic hydroxyl groups is 1. The van der Waals surface area contributed by atoms with Gasteiger partial charge in [-0.25, -0.2) is 8.42 Å².